The van der Waals surface area contributed by atoms with Crippen molar-refractivity contribution in [2.75, 3.05) is 32.8 Å². The Morgan fingerprint density at radius 3 is 2.47 bits per heavy atom. The molecule has 0 radical (unpaired) electrons. The number of rotatable bonds is 5. The number of alkyl halides is 3. The van der Waals surface area contributed by atoms with Gasteiger partial charge in [0.15, 0.2) is 0 Å². The van der Waals surface area contributed by atoms with Crippen LogP contribution >= 0.6 is 0 Å². The molecule has 2 unspecified atom stereocenters. The van der Waals surface area contributed by atoms with Gasteiger partial charge in [0.2, 0.25) is 5.88 Å². The molecule has 0 aliphatic carbocycles. The van der Waals surface area contributed by atoms with E-state index in [1.54, 1.807) is 17.0 Å². The molecular formula is C24H31F3N4O3. The van der Waals surface area contributed by atoms with Crippen molar-refractivity contribution in [1.82, 2.24) is 20.0 Å². The lowest BCUT2D eigenvalue weighted by Crippen LogP contribution is -2.51. The van der Waals surface area contributed by atoms with Crippen LogP contribution in [0.2, 0.25) is 0 Å². The summed E-state index contributed by atoms with van der Waals surface area (Å²) in [6.07, 6.45) is -3.73. The van der Waals surface area contributed by atoms with E-state index in [2.05, 4.69) is 10.2 Å². The van der Waals surface area contributed by atoms with Crippen LogP contribution in [0, 0.1) is 0 Å². The number of halogens is 3. The Kier molecular flexibility index (Phi) is 7.35. The quantitative estimate of drug-likeness (QED) is 0.676. The topological polar surface area (TPSA) is 81.7 Å². The van der Waals surface area contributed by atoms with Crippen LogP contribution in [0.3, 0.4) is 0 Å². The van der Waals surface area contributed by atoms with E-state index in [1.165, 1.54) is 12.1 Å². The van der Waals surface area contributed by atoms with Gasteiger partial charge in [-0.05, 0) is 37.3 Å². The molecular weight excluding hydrogens is 449 g/mol. The molecule has 2 aliphatic heterocycles. The van der Waals surface area contributed by atoms with Crippen LogP contribution in [-0.2, 0) is 6.42 Å². The van der Waals surface area contributed by atoms with Gasteiger partial charge in [-0.15, -0.1) is 5.10 Å². The van der Waals surface area contributed by atoms with Crippen molar-refractivity contribution in [3.05, 3.63) is 47.2 Å². The molecule has 0 spiro atoms. The van der Waals surface area contributed by atoms with Gasteiger partial charge in [0.05, 0.1) is 19.1 Å². The number of nitrogens with zero attached hydrogens (tertiary/aromatic N) is 3. The summed E-state index contributed by atoms with van der Waals surface area (Å²) >= 11 is 0. The number of likely N-dealkylation sites (tertiary alicyclic amines) is 2. The summed E-state index contributed by atoms with van der Waals surface area (Å²) in [5.41, 5.74) is 2.00. The van der Waals surface area contributed by atoms with Crippen molar-refractivity contribution >= 4 is 6.03 Å². The first-order valence-corrected chi connectivity index (χ1v) is 11.8. The highest BCUT2D eigenvalue weighted by molar-refractivity contribution is 5.75. The third kappa shape index (κ3) is 6.02. The fraction of sp³-hybridized carbons (Fsp3) is 0.583. The van der Waals surface area contributed by atoms with Gasteiger partial charge in [0.25, 0.3) is 0 Å². The predicted molar refractivity (Wildman–Crippen MR) is 120 cm³/mol. The molecule has 2 atom stereocenters. The number of H-pyrrole nitrogens is 1. The van der Waals surface area contributed by atoms with E-state index in [1.807, 2.05) is 17.9 Å². The van der Waals surface area contributed by atoms with Crippen molar-refractivity contribution in [2.24, 2.45) is 0 Å². The molecule has 2 aromatic rings. The van der Waals surface area contributed by atoms with E-state index in [4.69, 9.17) is 4.74 Å². The second-order valence-corrected chi connectivity index (χ2v) is 9.16. The molecule has 0 saturated carbocycles. The Morgan fingerprint density at radius 1 is 1.15 bits per heavy atom. The van der Waals surface area contributed by atoms with Crippen LogP contribution in [0.5, 0.6) is 5.88 Å². The molecule has 34 heavy (non-hydrogen) atoms. The number of amides is 2. The monoisotopic (exact) mass is 480 g/mol. The molecule has 2 fully saturated rings. The summed E-state index contributed by atoms with van der Waals surface area (Å²) in [6, 6.07) is 8.31. The Hall–Kier alpha value is -2.75. The molecule has 186 valence electrons. The summed E-state index contributed by atoms with van der Waals surface area (Å²) in [5.74, 6) is 0.450. The molecule has 2 saturated heterocycles. The minimum absolute atomic E-state index is 0.0189. The Morgan fingerprint density at radius 2 is 1.82 bits per heavy atom. The van der Waals surface area contributed by atoms with E-state index in [9.17, 15) is 23.1 Å². The maximum atomic E-state index is 13.3. The number of aromatic amines is 1. The zero-order valence-electron chi connectivity index (χ0n) is 19.2. The summed E-state index contributed by atoms with van der Waals surface area (Å²) in [7, 11) is 0. The average molecular weight is 481 g/mol. The first kappa shape index (κ1) is 24.4. The smallest absolute Gasteiger partial charge is 0.393 e. The van der Waals surface area contributed by atoms with Gasteiger partial charge in [-0.1, -0.05) is 24.3 Å². The number of piperidine rings is 2. The standard InChI is InChI=1S/C24H31F3N4O3/c1-2-34-22-12-21(28-29-22)19-11-18(17-5-3-16(4-6-17)13-24(25,26)27)14-31(15-19)23(33)30-9-7-20(32)8-10-30/h3-6,12,18-20,32H,2,7-11,13-15H2,1H3,(H,28,29). The van der Waals surface area contributed by atoms with Gasteiger partial charge in [0.1, 0.15) is 0 Å². The second kappa shape index (κ2) is 10.2. The van der Waals surface area contributed by atoms with Gasteiger partial charge in [-0.2, -0.15) is 13.2 Å². The maximum Gasteiger partial charge on any atom is 0.393 e. The SMILES string of the molecule is CCOc1cc(C2CC(c3ccc(CC(F)(F)F)cc3)CN(C(=O)N3CCC(O)CC3)C2)[nH]n1. The number of nitrogens with one attached hydrogen (secondary N) is 1. The number of aliphatic hydroxyl groups is 1. The molecule has 1 aromatic carbocycles. The lowest BCUT2D eigenvalue weighted by molar-refractivity contribution is -0.127. The predicted octanol–water partition coefficient (Wildman–Crippen LogP) is 4.06. The van der Waals surface area contributed by atoms with E-state index in [0.717, 1.165) is 17.7 Å². The third-order valence-corrected chi connectivity index (χ3v) is 6.62. The maximum absolute atomic E-state index is 13.3. The largest absolute Gasteiger partial charge is 0.477 e. The van der Waals surface area contributed by atoms with Crippen molar-refractivity contribution in [3.63, 3.8) is 0 Å². The zero-order chi connectivity index (χ0) is 24.3. The fourth-order valence-electron chi connectivity index (χ4n) is 4.87. The molecule has 2 aliphatic rings. The normalized spacial score (nSPS) is 22.1. The molecule has 7 nitrogen and oxygen atoms in total. The number of benzene rings is 1. The first-order chi connectivity index (χ1) is 16.2. The third-order valence-electron chi connectivity index (χ3n) is 6.62. The van der Waals surface area contributed by atoms with Crippen LogP contribution in [0.25, 0.3) is 0 Å². The average Bonchev–Trinajstić information content (AvgIpc) is 3.27. The molecule has 2 N–H and O–H groups in total. The van der Waals surface area contributed by atoms with Gasteiger partial charge in [0, 0.05) is 49.8 Å². The van der Waals surface area contributed by atoms with Crippen LogP contribution in [0.15, 0.2) is 30.3 Å². The summed E-state index contributed by atoms with van der Waals surface area (Å²) in [6.45, 7) is 4.39. The Balaban J connectivity index is 1.54. The number of urea groups is 1. The molecule has 10 heteroatoms. The van der Waals surface area contributed by atoms with Crippen LogP contribution in [0.1, 0.15) is 54.8 Å². The summed E-state index contributed by atoms with van der Waals surface area (Å²) in [4.78, 5) is 16.9. The van der Waals surface area contributed by atoms with Crippen LogP contribution in [-0.4, -0.2) is 76.2 Å². The minimum Gasteiger partial charge on any atom is -0.477 e. The highest BCUT2D eigenvalue weighted by Gasteiger charge is 2.35. The molecule has 4 rings (SSSR count). The number of hydrogen-bond donors (Lipinski definition) is 2. The van der Waals surface area contributed by atoms with E-state index >= 15 is 0 Å². The highest BCUT2D eigenvalue weighted by Crippen LogP contribution is 2.37. The molecule has 1 aromatic heterocycles. The molecule has 2 amide bonds. The number of aromatic nitrogens is 2. The van der Waals surface area contributed by atoms with Gasteiger partial charge >= 0.3 is 12.2 Å². The first-order valence-electron chi connectivity index (χ1n) is 11.8. The van der Waals surface area contributed by atoms with Gasteiger partial charge in [-0.25, -0.2) is 4.79 Å². The number of carbonyl (C=O) groups excluding carboxylic acids is 1. The molecule has 3 heterocycles. The lowest BCUT2D eigenvalue weighted by atomic mass is 9.83. The van der Waals surface area contributed by atoms with E-state index in [0.29, 0.717) is 51.5 Å². The van der Waals surface area contributed by atoms with Crippen LogP contribution < -0.4 is 4.74 Å². The summed E-state index contributed by atoms with van der Waals surface area (Å²) in [5, 5.41) is 17.0. The zero-order valence-corrected chi connectivity index (χ0v) is 19.2. The van der Waals surface area contributed by atoms with E-state index in [-0.39, 0.29) is 29.5 Å². The van der Waals surface area contributed by atoms with Crippen LogP contribution in [0.4, 0.5) is 18.0 Å². The second-order valence-electron chi connectivity index (χ2n) is 9.16. The van der Waals surface area contributed by atoms with E-state index < -0.39 is 12.6 Å². The number of carbonyl (C=O) groups is 1. The number of ether oxygens (including phenoxy) is 1. The summed E-state index contributed by atoms with van der Waals surface area (Å²) < 4.78 is 43.7. The van der Waals surface area contributed by atoms with Gasteiger partial charge in [-0.3, -0.25) is 5.10 Å². The van der Waals surface area contributed by atoms with Gasteiger partial charge < -0.3 is 19.6 Å². The van der Waals surface area contributed by atoms with Crippen molar-refractivity contribution in [2.45, 2.75) is 56.7 Å². The molecule has 0 bridgehead atoms. The van der Waals surface area contributed by atoms with Crippen molar-refractivity contribution < 1.29 is 27.8 Å². The van der Waals surface area contributed by atoms with Crippen molar-refractivity contribution in [1.29, 1.82) is 0 Å². The Labute approximate surface area is 196 Å². The lowest BCUT2D eigenvalue weighted by Gasteiger charge is -2.41. The van der Waals surface area contributed by atoms with Crippen molar-refractivity contribution in [3.8, 4) is 5.88 Å². The minimum atomic E-state index is -4.25. The highest BCUT2D eigenvalue weighted by atomic mass is 19.4. The Bertz CT molecular complexity index is 955. The number of aliphatic hydroxyl groups excluding tert-OH is 1. The number of hydrogen-bond acceptors (Lipinski definition) is 4. The fourth-order valence-corrected chi connectivity index (χ4v) is 4.87.